The second-order valence-corrected chi connectivity index (χ2v) is 38.2. The van der Waals surface area contributed by atoms with Crippen LogP contribution in [0.5, 0.6) is 17.4 Å². The van der Waals surface area contributed by atoms with Gasteiger partial charge in [0.1, 0.15) is 69.4 Å². The number of hydrogen-bond acceptors (Lipinski definition) is 19. The first-order valence-electron chi connectivity index (χ1n) is 40.6. The molecule has 0 aliphatic heterocycles. The van der Waals surface area contributed by atoms with Gasteiger partial charge in [-0.25, -0.2) is 33.0 Å². The molecule has 0 amide bonds. The topological polar surface area (TPSA) is 351 Å². The van der Waals surface area contributed by atoms with Crippen LogP contribution in [0.4, 0.5) is 13.2 Å². The Morgan fingerprint density at radius 3 is 1.13 bits per heavy atom. The third-order valence-electron chi connectivity index (χ3n) is 20.4. The molecule has 0 radical (unpaired) electrons. The van der Waals surface area contributed by atoms with Crippen LogP contribution in [-0.4, -0.2) is 65.3 Å². The molecule has 10 aromatic heterocycles. The van der Waals surface area contributed by atoms with Gasteiger partial charge in [0, 0.05) is 43.8 Å². The van der Waals surface area contributed by atoms with Crippen molar-refractivity contribution in [2.45, 2.75) is 163 Å². The summed E-state index contributed by atoms with van der Waals surface area (Å²) in [5, 5.41) is 31.2. The van der Waals surface area contributed by atoms with Crippen molar-refractivity contribution in [3.8, 4) is 17.4 Å². The monoisotopic (exact) mass is 1840 g/mol. The van der Waals surface area contributed by atoms with Crippen LogP contribution < -0.4 is 41.1 Å². The van der Waals surface area contributed by atoms with E-state index in [2.05, 4.69) is 140 Å². The summed E-state index contributed by atoms with van der Waals surface area (Å²) >= 11 is 5.43. The molecule has 3 N–H and O–H groups in total. The number of fused-ring (bicyclic) bond motifs is 8. The fourth-order valence-electron chi connectivity index (χ4n) is 12.7. The lowest BCUT2D eigenvalue weighted by Crippen LogP contribution is -2.29. The maximum atomic E-state index is 12.7. The van der Waals surface area contributed by atoms with Crippen LogP contribution in [0.1, 0.15) is 179 Å². The molecule has 16 rings (SSSR count). The number of pyridine rings is 6. The lowest BCUT2D eigenvalue weighted by Gasteiger charge is -2.19. The number of alkyl halides is 3. The van der Waals surface area contributed by atoms with Crippen LogP contribution in [0.2, 0.25) is 5.15 Å². The minimum atomic E-state index is -6.09. The van der Waals surface area contributed by atoms with E-state index in [-0.39, 0.29) is 94.3 Å². The first-order valence-corrected chi connectivity index (χ1v) is 42.4. The van der Waals surface area contributed by atoms with Gasteiger partial charge in [-0.2, -0.15) is 22.3 Å². The zero-order valence-corrected chi connectivity index (χ0v) is 78.2. The van der Waals surface area contributed by atoms with Crippen molar-refractivity contribution in [2.24, 2.45) is 21.1 Å². The zero-order valence-electron chi connectivity index (χ0n) is 75.8. The highest BCUT2D eigenvalue weighted by atomic mass is 35.5. The van der Waals surface area contributed by atoms with Gasteiger partial charge >= 0.3 is 28.9 Å². The van der Waals surface area contributed by atoms with E-state index in [9.17, 15) is 46.7 Å². The summed E-state index contributed by atoms with van der Waals surface area (Å²) in [5.41, 5.74) is 5.57. The standard InChI is InChI=1S/C17H17NO3.2C17H18NO2.C16H17NO3.C16H15NO2.C10H14O.C6H4ClNO2.CHF3O3S.ClH/c1-17(2,3)10-5-7-13-12(9-10)15(20)11-6-8-14(19)18(4)16(11)21-13;2*1-17(2,3)11-7-8-14-13(10-11)15(19)12-6-5-9-18(4)16(12)20-14;1-16(2,3)11-6-8-12(9-7-11)20-14-13(15(18)19)5-4-10-17-14;1-16(2,3)10-6-7-13-12(9-10)14(18)11-5-4-8-17-15(11)19-13;1-10(2,3)8-4-6-9(11)7-5-8;7-5-4(6(9)10)2-1-3-8-5;2-1(3,4)8(5,6)7;/h5-9H,1-4H3;2*5-10H,1-4H3;4-10H,1-3H3,(H,18,19);4-9H,1-3H3;4-7,11H,1-3H3;1-3H,(H,9,10);(H,5,6,7);1H/q;2*+1;;;;;;/p-1. The molecule has 0 aliphatic carbocycles. The molecular weight excluding hydrogens is 1730 g/mol. The van der Waals surface area contributed by atoms with E-state index in [4.69, 9.17) is 62.3 Å². The van der Waals surface area contributed by atoms with Crippen molar-refractivity contribution >= 4 is 134 Å². The predicted molar refractivity (Wildman–Crippen MR) is 503 cm³/mol. The number of carboxylic acids is 2. The molecule has 0 saturated heterocycles. The van der Waals surface area contributed by atoms with Crippen molar-refractivity contribution in [3.63, 3.8) is 0 Å². The number of aromatic nitrogens is 6. The first kappa shape index (κ1) is 102. The van der Waals surface area contributed by atoms with Crippen LogP contribution in [0.3, 0.4) is 0 Å². The average molecular weight is 1840 g/mol. The SMILES string of the molecule is CC(C)(C)c1ccc(O)cc1.CC(C)(C)c1ccc(Oc2ncccc2C(=O)O)cc1.CC(C)(C)c1ccc2oc3ncccc3c(=O)c2c1.C[n+]1cccc2c(=O)c3cc(C(C)(C)C)ccc3oc21.C[n+]1cccc2c(=O)c3cc(C(C)(C)C)ccc3oc21.Cl.Cn1c(=O)ccc2c(=O)c3cc(C(C)(C)C)ccc3oc21.O=C(O)c1cccnc1Cl.O=S(=O)([O-])C(F)(F)F. The van der Waals surface area contributed by atoms with Gasteiger partial charge in [-0.15, -0.1) is 12.4 Å². The van der Waals surface area contributed by atoms with E-state index in [1.165, 1.54) is 58.4 Å². The number of phenols is 1. The second-order valence-electron chi connectivity index (χ2n) is 36.4. The highest BCUT2D eigenvalue weighted by molar-refractivity contribution is 7.86. The summed E-state index contributed by atoms with van der Waals surface area (Å²) in [6.07, 6.45) is 8.32. The van der Waals surface area contributed by atoms with Crippen LogP contribution in [-0.2, 0) is 63.8 Å². The van der Waals surface area contributed by atoms with Gasteiger partial charge in [-0.3, -0.25) is 28.5 Å². The number of ether oxygens (including phenoxy) is 1. The van der Waals surface area contributed by atoms with Crippen LogP contribution in [0, 0.1) is 0 Å². The molecule has 30 heteroatoms. The van der Waals surface area contributed by atoms with E-state index < -0.39 is 27.6 Å². The number of carbonyl (C=O) groups is 2. The van der Waals surface area contributed by atoms with Crippen molar-refractivity contribution in [1.82, 2.24) is 19.5 Å². The molecule has 24 nitrogen and oxygen atoms in total. The van der Waals surface area contributed by atoms with Crippen molar-refractivity contribution < 1.29 is 82.6 Å². The fraction of sp³-hybridized carbons (Fsp3) is 0.280. The van der Waals surface area contributed by atoms with Gasteiger partial charge < -0.3 is 42.3 Å². The number of rotatable bonds is 4. The maximum Gasteiger partial charge on any atom is 0.485 e. The van der Waals surface area contributed by atoms with E-state index >= 15 is 0 Å². The molecule has 10 heterocycles. The van der Waals surface area contributed by atoms with E-state index in [1.54, 1.807) is 49.6 Å². The quantitative estimate of drug-likeness (QED) is 0.0484. The van der Waals surface area contributed by atoms with Crippen molar-refractivity contribution in [2.75, 3.05) is 0 Å². The number of benzene rings is 6. The van der Waals surface area contributed by atoms with Crippen molar-refractivity contribution in [3.05, 3.63) is 326 Å². The molecule has 0 atom stereocenters. The minimum Gasteiger partial charge on any atom is -0.741 e. The average Bonchev–Trinajstić information content (AvgIpc) is 0.763. The van der Waals surface area contributed by atoms with Crippen LogP contribution in [0.15, 0.2) is 267 Å². The Balaban J connectivity index is 0.000000186. The van der Waals surface area contributed by atoms with Gasteiger partial charge in [-0.05, 0) is 193 Å². The molecule has 0 aliphatic rings. The van der Waals surface area contributed by atoms with Gasteiger partial charge in [0.05, 0.1) is 37.9 Å². The number of aryl methyl sites for hydroxylation is 3. The van der Waals surface area contributed by atoms with E-state index in [1.807, 2.05) is 163 Å². The lowest BCUT2D eigenvalue weighted by molar-refractivity contribution is -0.651. The Labute approximate surface area is 759 Å². The molecule has 0 spiro atoms. The number of aromatic hydroxyl groups is 1. The summed E-state index contributed by atoms with van der Waals surface area (Å²) in [6, 6.07) is 57.8. The van der Waals surface area contributed by atoms with Gasteiger partial charge in [-0.1, -0.05) is 185 Å². The van der Waals surface area contributed by atoms with E-state index in [0.29, 0.717) is 99.8 Å². The molecule has 16 aromatic rings. The number of aromatic carboxylic acids is 2. The lowest BCUT2D eigenvalue weighted by atomic mass is 9.86. The molecule has 0 bridgehead atoms. The number of halogens is 5. The Morgan fingerprint density at radius 1 is 0.423 bits per heavy atom. The number of carboxylic acid groups (broad SMARTS) is 2. The van der Waals surface area contributed by atoms with Crippen LogP contribution >= 0.6 is 24.0 Å². The van der Waals surface area contributed by atoms with Crippen molar-refractivity contribution in [1.29, 1.82) is 0 Å². The Kier molecular flexibility index (Phi) is 31.9. The maximum absolute atomic E-state index is 12.7. The van der Waals surface area contributed by atoms with Gasteiger partial charge in [0.15, 0.2) is 22.5 Å². The molecule has 130 heavy (non-hydrogen) atoms. The smallest absolute Gasteiger partial charge is 0.485 e. The normalized spacial score (nSPS) is 11.8. The third-order valence-corrected chi connectivity index (χ3v) is 21.3. The number of hydrogen-bond donors (Lipinski definition) is 3. The van der Waals surface area contributed by atoms with Gasteiger partial charge in [0.25, 0.3) is 5.56 Å². The summed E-state index contributed by atoms with van der Waals surface area (Å²) in [7, 11) is -0.739. The Bertz CT molecular complexity index is 7170. The summed E-state index contributed by atoms with van der Waals surface area (Å²) < 4.78 is 92.7. The molecule has 0 unspecified atom stereocenters. The largest absolute Gasteiger partial charge is 0.741 e. The molecular formula is C100H104Cl2F3N6O18S+. The molecule has 0 fully saturated rings. The molecule has 682 valence electrons. The van der Waals surface area contributed by atoms with E-state index in [0.717, 1.165) is 22.3 Å². The summed E-state index contributed by atoms with van der Waals surface area (Å²) in [4.78, 5) is 95.1. The Morgan fingerprint density at radius 2 is 0.754 bits per heavy atom. The predicted octanol–water partition coefficient (Wildman–Crippen LogP) is 21.2. The highest BCUT2D eigenvalue weighted by Crippen LogP contribution is 2.34. The first-order chi connectivity index (χ1) is 59.8. The second kappa shape index (κ2) is 40.6. The number of nitrogens with zero attached hydrogens (tertiary/aromatic N) is 6. The zero-order chi connectivity index (χ0) is 95.8. The minimum absolute atomic E-state index is 0. The number of phenolic OH excluding ortho intramolecular Hbond substituents is 1. The fourth-order valence-corrected chi connectivity index (χ4v) is 12.9. The third kappa shape index (κ3) is 25.4. The summed E-state index contributed by atoms with van der Waals surface area (Å²) in [5.74, 6) is -1.11. The molecule has 6 aromatic carbocycles. The highest BCUT2D eigenvalue weighted by Gasteiger charge is 2.37. The van der Waals surface area contributed by atoms with Crippen LogP contribution in [0.25, 0.3) is 88.3 Å². The molecule has 0 saturated carbocycles. The van der Waals surface area contributed by atoms with Gasteiger partial charge in [0.2, 0.25) is 39.0 Å². The Hall–Kier alpha value is -13.3. The summed E-state index contributed by atoms with van der Waals surface area (Å²) in [6.45, 7) is 38.3.